The van der Waals surface area contributed by atoms with Crippen LogP contribution in [0.2, 0.25) is 0 Å². The van der Waals surface area contributed by atoms with E-state index in [-0.39, 0.29) is 0 Å². The Morgan fingerprint density at radius 1 is 1.30 bits per heavy atom. The highest BCUT2D eigenvalue weighted by atomic mass is 16.5. The van der Waals surface area contributed by atoms with Crippen molar-refractivity contribution < 1.29 is 4.74 Å². The van der Waals surface area contributed by atoms with E-state index in [2.05, 4.69) is 55.9 Å². The molecule has 1 aromatic heterocycles. The number of likely N-dealkylation sites (tertiary alicyclic amines) is 1. The van der Waals surface area contributed by atoms with Gasteiger partial charge in [0.2, 0.25) is 0 Å². The molecular formula is C21H31N5O. The Balaban J connectivity index is 1.54. The third-order valence-electron chi connectivity index (χ3n) is 5.07. The van der Waals surface area contributed by atoms with Gasteiger partial charge in [-0.3, -0.25) is 4.99 Å². The molecule has 0 aliphatic carbocycles. The summed E-state index contributed by atoms with van der Waals surface area (Å²) in [7, 11) is 1.86. The molecule has 0 saturated carbocycles. The first-order valence-corrected chi connectivity index (χ1v) is 9.82. The van der Waals surface area contributed by atoms with Crippen molar-refractivity contribution >= 4 is 5.96 Å². The topological polar surface area (TPSA) is 54.7 Å². The van der Waals surface area contributed by atoms with Crippen LogP contribution in [0.25, 0.3) is 0 Å². The highest BCUT2D eigenvalue weighted by molar-refractivity contribution is 5.79. The summed E-state index contributed by atoms with van der Waals surface area (Å²) in [5.41, 5.74) is 2.54. The van der Waals surface area contributed by atoms with Gasteiger partial charge in [0.15, 0.2) is 5.96 Å². The van der Waals surface area contributed by atoms with Crippen LogP contribution in [0.15, 0.2) is 41.7 Å². The summed E-state index contributed by atoms with van der Waals surface area (Å²) in [6.07, 6.45) is 6.39. The van der Waals surface area contributed by atoms with Gasteiger partial charge < -0.3 is 19.5 Å². The first-order chi connectivity index (χ1) is 13.2. The summed E-state index contributed by atoms with van der Waals surface area (Å²) >= 11 is 0. The van der Waals surface area contributed by atoms with Gasteiger partial charge in [0.05, 0.1) is 6.10 Å². The lowest BCUT2D eigenvalue weighted by Gasteiger charge is -2.34. The Hall–Kier alpha value is -2.34. The van der Waals surface area contributed by atoms with Crippen molar-refractivity contribution in [1.82, 2.24) is 19.8 Å². The van der Waals surface area contributed by atoms with Gasteiger partial charge in [-0.05, 0) is 37.8 Å². The molecule has 3 rings (SSSR count). The normalized spacial score (nSPS) is 16.0. The zero-order valence-corrected chi connectivity index (χ0v) is 16.7. The summed E-state index contributed by atoms with van der Waals surface area (Å²) in [5, 5.41) is 3.52. The van der Waals surface area contributed by atoms with E-state index in [1.165, 1.54) is 11.1 Å². The van der Waals surface area contributed by atoms with Crippen molar-refractivity contribution in [3.63, 3.8) is 0 Å². The van der Waals surface area contributed by atoms with Gasteiger partial charge in [0, 0.05) is 52.2 Å². The summed E-state index contributed by atoms with van der Waals surface area (Å²) in [6.45, 7) is 8.49. The number of imidazole rings is 1. The molecule has 146 valence electrons. The van der Waals surface area contributed by atoms with Crippen molar-refractivity contribution in [1.29, 1.82) is 0 Å². The molecule has 6 heteroatoms. The number of guanidine groups is 1. The molecule has 0 unspecified atom stereocenters. The molecule has 1 saturated heterocycles. The number of aliphatic imine (C=N–C) groups is 1. The van der Waals surface area contributed by atoms with Crippen LogP contribution in [0, 0.1) is 6.92 Å². The SMILES string of the molecule is CCOC1CCN(C(=NC)NCc2cccc(Cn3ccnc3C)c2)CC1. The molecule has 0 atom stereocenters. The largest absolute Gasteiger partial charge is 0.378 e. The fourth-order valence-electron chi connectivity index (χ4n) is 3.59. The van der Waals surface area contributed by atoms with Gasteiger partial charge in [0.25, 0.3) is 0 Å². The maximum Gasteiger partial charge on any atom is 0.193 e. The number of rotatable bonds is 6. The first kappa shape index (κ1) is 19.4. The second-order valence-corrected chi connectivity index (χ2v) is 6.96. The Morgan fingerprint density at radius 3 is 2.74 bits per heavy atom. The summed E-state index contributed by atoms with van der Waals surface area (Å²) in [6, 6.07) is 8.69. The predicted molar refractivity (Wildman–Crippen MR) is 109 cm³/mol. The Labute approximate surface area is 162 Å². The van der Waals surface area contributed by atoms with Gasteiger partial charge in [-0.15, -0.1) is 0 Å². The van der Waals surface area contributed by atoms with Crippen LogP contribution in [0.4, 0.5) is 0 Å². The third-order valence-corrected chi connectivity index (χ3v) is 5.07. The van der Waals surface area contributed by atoms with Gasteiger partial charge in [-0.1, -0.05) is 24.3 Å². The van der Waals surface area contributed by atoms with E-state index >= 15 is 0 Å². The van der Waals surface area contributed by atoms with Crippen molar-refractivity contribution in [2.75, 3.05) is 26.7 Å². The quantitative estimate of drug-likeness (QED) is 0.628. The molecule has 6 nitrogen and oxygen atoms in total. The highest BCUT2D eigenvalue weighted by Gasteiger charge is 2.21. The van der Waals surface area contributed by atoms with E-state index in [0.29, 0.717) is 6.10 Å². The van der Waals surface area contributed by atoms with E-state index in [4.69, 9.17) is 4.74 Å². The number of piperidine rings is 1. The molecule has 1 aliphatic heterocycles. The van der Waals surface area contributed by atoms with E-state index in [1.54, 1.807) is 0 Å². The molecule has 2 heterocycles. The monoisotopic (exact) mass is 369 g/mol. The second-order valence-electron chi connectivity index (χ2n) is 6.96. The molecule has 0 bridgehead atoms. The predicted octanol–water partition coefficient (Wildman–Crippen LogP) is 2.82. The fraction of sp³-hybridized carbons (Fsp3) is 0.524. The molecule has 27 heavy (non-hydrogen) atoms. The molecule has 2 aromatic rings. The van der Waals surface area contributed by atoms with Gasteiger partial charge in [-0.25, -0.2) is 4.98 Å². The van der Waals surface area contributed by atoms with Crippen molar-refractivity contribution in [3.05, 3.63) is 53.6 Å². The lowest BCUT2D eigenvalue weighted by atomic mass is 10.1. The average Bonchev–Trinajstić information content (AvgIpc) is 3.09. The van der Waals surface area contributed by atoms with Gasteiger partial charge >= 0.3 is 0 Å². The molecular weight excluding hydrogens is 338 g/mol. The molecule has 0 radical (unpaired) electrons. The average molecular weight is 370 g/mol. The lowest BCUT2D eigenvalue weighted by molar-refractivity contribution is 0.0263. The number of hydrogen-bond donors (Lipinski definition) is 1. The number of hydrogen-bond acceptors (Lipinski definition) is 3. The van der Waals surface area contributed by atoms with Crippen LogP contribution in [-0.4, -0.2) is 53.3 Å². The van der Waals surface area contributed by atoms with Crippen LogP contribution in [0.3, 0.4) is 0 Å². The number of benzene rings is 1. The molecule has 0 amide bonds. The highest BCUT2D eigenvalue weighted by Crippen LogP contribution is 2.14. The molecule has 1 aromatic carbocycles. The summed E-state index contributed by atoms with van der Waals surface area (Å²) < 4.78 is 7.91. The first-order valence-electron chi connectivity index (χ1n) is 9.82. The minimum absolute atomic E-state index is 0.396. The minimum Gasteiger partial charge on any atom is -0.378 e. The summed E-state index contributed by atoms with van der Waals surface area (Å²) in [5.74, 6) is 2.01. The third kappa shape index (κ3) is 5.32. The van der Waals surface area contributed by atoms with Crippen LogP contribution in [0.5, 0.6) is 0 Å². The van der Waals surface area contributed by atoms with E-state index < -0.39 is 0 Å². The van der Waals surface area contributed by atoms with Gasteiger partial charge in [-0.2, -0.15) is 0 Å². The van der Waals surface area contributed by atoms with Crippen LogP contribution < -0.4 is 5.32 Å². The molecule has 1 N–H and O–H groups in total. The van der Waals surface area contributed by atoms with Crippen LogP contribution >= 0.6 is 0 Å². The summed E-state index contributed by atoms with van der Waals surface area (Å²) in [4.78, 5) is 11.1. The smallest absolute Gasteiger partial charge is 0.193 e. The zero-order valence-electron chi connectivity index (χ0n) is 16.7. The second kappa shape index (κ2) is 9.55. The van der Waals surface area contributed by atoms with Crippen molar-refractivity contribution in [3.8, 4) is 0 Å². The number of nitrogens with zero attached hydrogens (tertiary/aromatic N) is 4. The Kier molecular flexibility index (Phi) is 6.87. The van der Waals surface area contributed by atoms with Crippen molar-refractivity contribution in [2.24, 2.45) is 4.99 Å². The van der Waals surface area contributed by atoms with Crippen LogP contribution in [-0.2, 0) is 17.8 Å². The Bertz CT molecular complexity index is 747. The standard InChI is InChI=1S/C21H31N5O/c1-4-27-20-8-11-25(12-9-20)21(22-3)24-15-18-6-5-7-19(14-18)16-26-13-10-23-17(26)2/h5-7,10,13-14,20H,4,8-9,11-12,15-16H2,1-3H3,(H,22,24). The van der Waals surface area contributed by atoms with Gasteiger partial charge in [0.1, 0.15) is 5.82 Å². The zero-order chi connectivity index (χ0) is 19.1. The van der Waals surface area contributed by atoms with E-state index in [1.807, 2.05) is 26.4 Å². The fourth-order valence-corrected chi connectivity index (χ4v) is 3.59. The minimum atomic E-state index is 0.396. The molecule has 0 spiro atoms. The molecule has 1 fully saturated rings. The van der Waals surface area contributed by atoms with E-state index in [0.717, 1.165) is 57.4 Å². The van der Waals surface area contributed by atoms with Crippen LogP contribution in [0.1, 0.15) is 36.7 Å². The maximum atomic E-state index is 5.74. The molecule has 1 aliphatic rings. The van der Waals surface area contributed by atoms with E-state index in [9.17, 15) is 0 Å². The number of aromatic nitrogens is 2. The van der Waals surface area contributed by atoms with Crippen molar-refractivity contribution in [2.45, 2.75) is 45.9 Å². The Morgan fingerprint density at radius 2 is 2.07 bits per heavy atom. The number of nitrogens with one attached hydrogen (secondary N) is 1. The number of ether oxygens (including phenoxy) is 1. The number of aryl methyl sites for hydroxylation is 1. The lowest BCUT2D eigenvalue weighted by Crippen LogP contribution is -2.46. The maximum absolute atomic E-state index is 5.74.